The summed E-state index contributed by atoms with van der Waals surface area (Å²) in [6, 6.07) is 5.71. The number of carbonyl (C=O) groups excluding carboxylic acids is 1. The van der Waals surface area contributed by atoms with Crippen molar-refractivity contribution in [3.63, 3.8) is 0 Å². The SMILES string of the molecule is CCCCCC(=O)Nc1ccn(C2COC(N=[N+]=[N-])(C(O)(O)c3ccccc3C(=O)O)C2)c(=O)n1. The molecule has 4 N–H and O–H groups in total. The Labute approximate surface area is 199 Å². The lowest BCUT2D eigenvalue weighted by atomic mass is 9.88. The van der Waals surface area contributed by atoms with Crippen molar-refractivity contribution in [2.45, 2.75) is 56.6 Å². The topological polar surface area (TPSA) is 200 Å². The summed E-state index contributed by atoms with van der Waals surface area (Å²) in [4.78, 5) is 42.8. The van der Waals surface area contributed by atoms with Gasteiger partial charge in [0.15, 0.2) is 0 Å². The minimum absolute atomic E-state index is 0.0713. The Bertz CT molecular complexity index is 1210. The van der Waals surface area contributed by atoms with Gasteiger partial charge in [-0.2, -0.15) is 4.98 Å². The van der Waals surface area contributed by atoms with Gasteiger partial charge in [0, 0.05) is 29.5 Å². The van der Waals surface area contributed by atoms with Crippen LogP contribution in [0.25, 0.3) is 10.4 Å². The predicted molar refractivity (Wildman–Crippen MR) is 122 cm³/mol. The summed E-state index contributed by atoms with van der Waals surface area (Å²) in [6.45, 7) is 1.76. The van der Waals surface area contributed by atoms with Crippen LogP contribution in [0.4, 0.5) is 5.82 Å². The molecule has 1 amide bonds. The van der Waals surface area contributed by atoms with E-state index in [0.717, 1.165) is 23.8 Å². The second-order valence-corrected chi connectivity index (χ2v) is 8.17. The first-order valence-electron chi connectivity index (χ1n) is 11.0. The van der Waals surface area contributed by atoms with Gasteiger partial charge in [-0.05, 0) is 24.1 Å². The van der Waals surface area contributed by atoms with Crippen LogP contribution < -0.4 is 11.0 Å². The third-order valence-corrected chi connectivity index (χ3v) is 5.81. The van der Waals surface area contributed by atoms with Gasteiger partial charge >= 0.3 is 11.7 Å². The van der Waals surface area contributed by atoms with Gasteiger partial charge in [-0.3, -0.25) is 9.36 Å². The smallest absolute Gasteiger partial charge is 0.349 e. The number of rotatable bonds is 10. The summed E-state index contributed by atoms with van der Waals surface area (Å²) >= 11 is 0. The number of ether oxygens (including phenoxy) is 1. The fourth-order valence-corrected chi connectivity index (χ4v) is 3.99. The van der Waals surface area contributed by atoms with E-state index < -0.39 is 40.3 Å². The number of nitrogens with zero attached hydrogens (tertiary/aromatic N) is 5. The number of unbranched alkanes of at least 4 members (excludes halogenated alkanes) is 2. The minimum Gasteiger partial charge on any atom is -0.478 e. The zero-order valence-corrected chi connectivity index (χ0v) is 19.0. The molecular formula is C22H26N6O7. The van der Waals surface area contributed by atoms with Gasteiger partial charge in [-0.1, -0.05) is 43.1 Å². The first kappa shape index (κ1) is 25.8. The monoisotopic (exact) mass is 486 g/mol. The average Bonchev–Trinajstić information content (AvgIpc) is 3.25. The van der Waals surface area contributed by atoms with E-state index in [1.54, 1.807) is 0 Å². The lowest BCUT2D eigenvalue weighted by Gasteiger charge is -2.37. The van der Waals surface area contributed by atoms with Gasteiger partial charge in [-0.25, -0.2) is 9.59 Å². The highest BCUT2D eigenvalue weighted by molar-refractivity contribution is 5.90. The van der Waals surface area contributed by atoms with Crippen molar-refractivity contribution in [2.75, 3.05) is 11.9 Å². The molecule has 1 saturated heterocycles. The van der Waals surface area contributed by atoms with Crippen molar-refractivity contribution < 1.29 is 29.6 Å². The number of aromatic carboxylic acids is 1. The fraction of sp³-hybridized carbons (Fsp3) is 0.455. The number of anilines is 1. The molecule has 0 aliphatic carbocycles. The number of carbonyl (C=O) groups is 2. The fourth-order valence-electron chi connectivity index (χ4n) is 3.99. The van der Waals surface area contributed by atoms with Crippen molar-refractivity contribution in [1.29, 1.82) is 0 Å². The van der Waals surface area contributed by atoms with E-state index >= 15 is 0 Å². The quantitative estimate of drug-likeness (QED) is 0.129. The summed E-state index contributed by atoms with van der Waals surface area (Å²) in [7, 11) is 0. The molecule has 35 heavy (non-hydrogen) atoms. The highest BCUT2D eigenvalue weighted by atomic mass is 16.6. The number of aliphatic hydroxyl groups is 2. The Hall–Kier alpha value is -3.77. The maximum absolute atomic E-state index is 12.6. The third kappa shape index (κ3) is 5.33. The van der Waals surface area contributed by atoms with Crippen LogP contribution in [0.1, 0.15) is 61.0 Å². The molecule has 2 heterocycles. The number of hydrogen-bond acceptors (Lipinski definition) is 8. The van der Waals surface area contributed by atoms with Crippen LogP contribution in [-0.4, -0.2) is 49.1 Å². The molecule has 2 aromatic rings. The van der Waals surface area contributed by atoms with Crippen LogP contribution in [0.15, 0.2) is 46.4 Å². The summed E-state index contributed by atoms with van der Waals surface area (Å²) in [6.07, 6.45) is 3.88. The average molecular weight is 486 g/mol. The maximum Gasteiger partial charge on any atom is 0.349 e. The van der Waals surface area contributed by atoms with Crippen LogP contribution in [0, 0.1) is 0 Å². The molecule has 1 aromatic carbocycles. The molecule has 0 radical (unpaired) electrons. The molecule has 1 aromatic heterocycles. The highest BCUT2D eigenvalue weighted by Crippen LogP contribution is 2.46. The summed E-state index contributed by atoms with van der Waals surface area (Å²) < 4.78 is 6.69. The number of hydrogen-bond donors (Lipinski definition) is 4. The van der Waals surface area contributed by atoms with Gasteiger partial charge in [0.2, 0.25) is 17.4 Å². The van der Waals surface area contributed by atoms with Gasteiger partial charge in [0.25, 0.3) is 0 Å². The Morgan fingerprint density at radius 3 is 2.74 bits per heavy atom. The van der Waals surface area contributed by atoms with E-state index in [4.69, 9.17) is 10.3 Å². The second kappa shape index (κ2) is 10.7. The number of amides is 1. The van der Waals surface area contributed by atoms with E-state index in [-0.39, 0.29) is 24.8 Å². The first-order valence-corrected chi connectivity index (χ1v) is 11.0. The Morgan fingerprint density at radius 1 is 1.34 bits per heavy atom. The Kier molecular flexibility index (Phi) is 7.87. The second-order valence-electron chi connectivity index (χ2n) is 8.17. The van der Waals surface area contributed by atoms with Crippen molar-refractivity contribution in [3.8, 4) is 0 Å². The van der Waals surface area contributed by atoms with Crippen LogP contribution in [0.5, 0.6) is 0 Å². The molecule has 2 atom stereocenters. The van der Waals surface area contributed by atoms with Crippen LogP contribution in [-0.2, 0) is 15.3 Å². The lowest BCUT2D eigenvalue weighted by molar-refractivity contribution is -0.284. The van der Waals surface area contributed by atoms with Gasteiger partial charge in [0.1, 0.15) is 5.82 Å². The summed E-state index contributed by atoms with van der Waals surface area (Å²) in [5.74, 6) is -4.66. The molecule has 1 aliphatic rings. The molecule has 0 saturated carbocycles. The van der Waals surface area contributed by atoms with Crippen LogP contribution in [0.3, 0.4) is 0 Å². The van der Waals surface area contributed by atoms with Gasteiger partial charge in [-0.15, -0.1) is 0 Å². The predicted octanol–water partition coefficient (Wildman–Crippen LogP) is 2.27. The van der Waals surface area contributed by atoms with E-state index in [2.05, 4.69) is 20.3 Å². The number of nitrogens with one attached hydrogen (secondary N) is 1. The Morgan fingerprint density at radius 2 is 2.09 bits per heavy atom. The van der Waals surface area contributed by atoms with Crippen molar-refractivity contribution in [2.24, 2.45) is 5.11 Å². The van der Waals surface area contributed by atoms with Gasteiger partial charge in [0.05, 0.1) is 18.2 Å². The third-order valence-electron chi connectivity index (χ3n) is 5.81. The Balaban J connectivity index is 1.86. The van der Waals surface area contributed by atoms with E-state index in [9.17, 15) is 29.7 Å². The molecule has 0 spiro atoms. The number of carboxylic acid groups (broad SMARTS) is 1. The van der Waals surface area contributed by atoms with Crippen LogP contribution in [0.2, 0.25) is 0 Å². The van der Waals surface area contributed by atoms with E-state index in [0.29, 0.717) is 6.42 Å². The molecule has 0 bridgehead atoms. The number of carboxylic acids is 1. The zero-order valence-electron chi connectivity index (χ0n) is 19.0. The minimum atomic E-state index is -3.04. The van der Waals surface area contributed by atoms with Crippen molar-refractivity contribution >= 4 is 17.7 Å². The normalized spacial score (nSPS) is 19.7. The number of azide groups is 1. The molecule has 3 rings (SSSR count). The molecule has 1 aliphatic heterocycles. The van der Waals surface area contributed by atoms with E-state index in [1.807, 2.05) is 6.92 Å². The largest absolute Gasteiger partial charge is 0.478 e. The number of benzene rings is 1. The van der Waals surface area contributed by atoms with Gasteiger partial charge < -0.3 is 25.4 Å². The lowest BCUT2D eigenvalue weighted by Crippen LogP contribution is -2.51. The zero-order chi connectivity index (χ0) is 25.6. The molecular weight excluding hydrogens is 460 g/mol. The molecule has 186 valence electrons. The summed E-state index contributed by atoms with van der Waals surface area (Å²) in [5.41, 5.74) is 5.18. The maximum atomic E-state index is 12.6. The summed E-state index contributed by atoms with van der Waals surface area (Å²) in [5, 5.41) is 37.5. The van der Waals surface area contributed by atoms with Crippen LogP contribution >= 0.6 is 0 Å². The molecule has 13 nitrogen and oxygen atoms in total. The molecule has 1 fully saturated rings. The first-order chi connectivity index (χ1) is 16.6. The van der Waals surface area contributed by atoms with Crippen molar-refractivity contribution in [3.05, 3.63) is 68.6 Å². The molecule has 13 heteroatoms. The van der Waals surface area contributed by atoms with E-state index in [1.165, 1.54) is 36.5 Å². The number of aromatic nitrogens is 2. The van der Waals surface area contributed by atoms with Crippen molar-refractivity contribution in [1.82, 2.24) is 9.55 Å². The molecule has 2 unspecified atom stereocenters. The standard InChI is InChI=1S/C22H26N6O7/c1-2-3-4-9-18(29)24-17-10-11-28(20(32)25-17)14-12-21(26-27-23,35-13-14)22(33,34)16-8-6-5-7-15(16)19(30)31/h5-8,10-11,14,33-34H,2-4,9,12-13H2,1H3,(H,30,31)(H,24,25,29,32). The highest BCUT2D eigenvalue weighted by Gasteiger charge is 2.58.